The third-order valence-electron chi connectivity index (χ3n) is 5.67. The van der Waals surface area contributed by atoms with Crippen molar-refractivity contribution in [1.82, 2.24) is 4.57 Å². The first kappa shape index (κ1) is 22.4. The van der Waals surface area contributed by atoms with Crippen LogP contribution in [0.5, 0.6) is 5.75 Å². The average molecular weight is 433 g/mol. The smallest absolute Gasteiger partial charge is 0.311 e. The summed E-state index contributed by atoms with van der Waals surface area (Å²) >= 11 is 0. The van der Waals surface area contributed by atoms with Crippen molar-refractivity contribution in [3.63, 3.8) is 0 Å². The second-order valence-corrected chi connectivity index (χ2v) is 7.73. The minimum Gasteiger partial charge on any atom is -0.505 e. The van der Waals surface area contributed by atoms with Crippen molar-refractivity contribution in [2.24, 2.45) is 5.92 Å². The van der Waals surface area contributed by atoms with Gasteiger partial charge < -0.3 is 10.2 Å². The fourth-order valence-electron chi connectivity index (χ4n) is 3.82. The minimum atomic E-state index is -1.22. The zero-order valence-electron chi connectivity index (χ0n) is 17.2. The monoisotopic (exact) mass is 433 g/mol. The van der Waals surface area contributed by atoms with Gasteiger partial charge in [0, 0.05) is 22.7 Å². The van der Waals surface area contributed by atoms with Gasteiger partial charge in [0.1, 0.15) is 0 Å². The number of nitrogens with zero attached hydrogens (tertiary/aromatic N) is 1. The Morgan fingerprint density at radius 3 is 2.32 bits per heavy atom. The molecule has 1 unspecified atom stereocenters. The SMILES string of the molecule is CCC(C)C[C@@H](C(=O)O)c1c(C)n(C(=O)c2ccc(F)c(F)c2)c2cc(F)c(O)cc12. The quantitative estimate of drug-likeness (QED) is 0.548. The number of hydrogen-bond donors (Lipinski definition) is 2. The van der Waals surface area contributed by atoms with Gasteiger partial charge in [-0.25, -0.2) is 13.2 Å². The Kier molecular flexibility index (Phi) is 6.10. The van der Waals surface area contributed by atoms with Crippen LogP contribution in [0.4, 0.5) is 13.2 Å². The van der Waals surface area contributed by atoms with Crippen LogP contribution in [0.1, 0.15) is 54.2 Å². The standard InChI is InChI=1S/C23H22F3NO4/c1-4-11(2)7-15(23(30)31)21-12(3)27(19-10-18(26)20(28)9-14(19)21)22(29)13-5-6-16(24)17(25)8-13/h5-6,8-11,15,28H,4,7H2,1-3H3,(H,30,31)/t11?,15-/m1/s1. The molecule has 8 heteroatoms. The van der Waals surface area contributed by atoms with E-state index in [0.717, 1.165) is 41.3 Å². The van der Waals surface area contributed by atoms with Crippen molar-refractivity contribution in [2.45, 2.75) is 39.5 Å². The van der Waals surface area contributed by atoms with Crippen LogP contribution in [-0.2, 0) is 4.79 Å². The van der Waals surface area contributed by atoms with Crippen molar-refractivity contribution < 1.29 is 33.0 Å². The molecule has 5 nitrogen and oxygen atoms in total. The van der Waals surface area contributed by atoms with E-state index in [4.69, 9.17) is 0 Å². The Hall–Kier alpha value is -3.29. The molecule has 3 aromatic rings. The third kappa shape index (κ3) is 4.02. The zero-order chi connectivity index (χ0) is 23.0. The normalized spacial score (nSPS) is 13.4. The molecule has 0 aliphatic rings. The number of carbonyl (C=O) groups is 2. The molecule has 0 bridgehead atoms. The number of aromatic nitrogens is 1. The number of aromatic hydroxyl groups is 1. The van der Waals surface area contributed by atoms with Gasteiger partial charge in [0.2, 0.25) is 0 Å². The number of rotatable bonds is 6. The van der Waals surface area contributed by atoms with E-state index in [1.807, 2.05) is 13.8 Å². The van der Waals surface area contributed by atoms with E-state index in [0.29, 0.717) is 0 Å². The van der Waals surface area contributed by atoms with Crippen molar-refractivity contribution in [1.29, 1.82) is 0 Å². The number of benzene rings is 2. The van der Waals surface area contributed by atoms with Gasteiger partial charge >= 0.3 is 5.97 Å². The van der Waals surface area contributed by atoms with E-state index >= 15 is 0 Å². The fraction of sp³-hybridized carbons (Fsp3) is 0.304. The molecule has 164 valence electrons. The van der Waals surface area contributed by atoms with E-state index in [-0.39, 0.29) is 40.1 Å². The first-order valence-corrected chi connectivity index (χ1v) is 9.82. The van der Waals surface area contributed by atoms with Gasteiger partial charge in [-0.15, -0.1) is 0 Å². The Morgan fingerprint density at radius 2 is 1.74 bits per heavy atom. The third-order valence-corrected chi connectivity index (χ3v) is 5.67. The highest BCUT2D eigenvalue weighted by atomic mass is 19.2. The van der Waals surface area contributed by atoms with Crippen LogP contribution in [0.15, 0.2) is 30.3 Å². The molecule has 0 fully saturated rings. The lowest BCUT2D eigenvalue weighted by Crippen LogP contribution is -2.18. The molecule has 0 amide bonds. The maximum absolute atomic E-state index is 14.2. The number of carboxylic acids is 1. The number of carbonyl (C=O) groups excluding carboxylic acids is 1. The number of phenolic OH excluding ortho intramolecular Hbond substituents is 1. The molecule has 0 aliphatic heterocycles. The number of carboxylic acid groups (broad SMARTS) is 1. The number of aliphatic carboxylic acids is 1. The highest BCUT2D eigenvalue weighted by Crippen LogP contribution is 2.38. The van der Waals surface area contributed by atoms with Gasteiger partial charge in [0.25, 0.3) is 5.91 Å². The predicted octanol–water partition coefficient (Wildman–Crippen LogP) is 5.37. The van der Waals surface area contributed by atoms with Crippen LogP contribution in [-0.4, -0.2) is 26.7 Å². The summed E-state index contributed by atoms with van der Waals surface area (Å²) in [5, 5.41) is 20.0. The summed E-state index contributed by atoms with van der Waals surface area (Å²) in [6.07, 6.45) is 0.998. The van der Waals surface area contributed by atoms with Gasteiger partial charge in [-0.3, -0.25) is 14.2 Å². The minimum absolute atomic E-state index is 0.0351. The van der Waals surface area contributed by atoms with Crippen molar-refractivity contribution in [2.75, 3.05) is 0 Å². The summed E-state index contributed by atoms with van der Waals surface area (Å²) in [5.74, 6) is -6.87. The Bertz CT molecular complexity index is 1190. The highest BCUT2D eigenvalue weighted by molar-refractivity contribution is 6.05. The van der Waals surface area contributed by atoms with Crippen molar-refractivity contribution in [3.8, 4) is 5.75 Å². The first-order valence-electron chi connectivity index (χ1n) is 9.82. The summed E-state index contributed by atoms with van der Waals surface area (Å²) in [4.78, 5) is 25.3. The van der Waals surface area contributed by atoms with Crippen molar-refractivity contribution in [3.05, 3.63) is 64.6 Å². The second-order valence-electron chi connectivity index (χ2n) is 7.73. The summed E-state index contributed by atoms with van der Waals surface area (Å²) in [5.41, 5.74) is 0.347. The van der Waals surface area contributed by atoms with Crippen LogP contribution in [0.25, 0.3) is 10.9 Å². The van der Waals surface area contributed by atoms with Crippen LogP contribution >= 0.6 is 0 Å². The number of phenols is 1. The van der Waals surface area contributed by atoms with Crippen LogP contribution in [0.2, 0.25) is 0 Å². The summed E-state index contributed by atoms with van der Waals surface area (Å²) in [6, 6.07) is 4.65. The van der Waals surface area contributed by atoms with Crippen molar-refractivity contribution >= 4 is 22.8 Å². The van der Waals surface area contributed by atoms with Gasteiger partial charge in [0.05, 0.1) is 11.4 Å². The Morgan fingerprint density at radius 1 is 1.06 bits per heavy atom. The Labute approximate surface area is 176 Å². The van der Waals surface area contributed by atoms with Gasteiger partial charge in [-0.1, -0.05) is 20.3 Å². The van der Waals surface area contributed by atoms with Gasteiger partial charge in [-0.2, -0.15) is 0 Å². The summed E-state index contributed by atoms with van der Waals surface area (Å²) < 4.78 is 42.3. The molecule has 1 heterocycles. The van der Waals surface area contributed by atoms with E-state index in [1.165, 1.54) is 6.92 Å². The molecule has 0 saturated carbocycles. The molecule has 2 atom stereocenters. The molecule has 0 aliphatic carbocycles. The second kappa shape index (κ2) is 8.45. The number of fused-ring (bicyclic) bond motifs is 1. The Balaban J connectivity index is 2.30. The molecule has 0 spiro atoms. The van der Waals surface area contributed by atoms with Crippen LogP contribution in [0, 0.1) is 30.3 Å². The maximum atomic E-state index is 14.2. The highest BCUT2D eigenvalue weighted by Gasteiger charge is 2.31. The first-order chi connectivity index (χ1) is 14.6. The summed E-state index contributed by atoms with van der Waals surface area (Å²) in [6.45, 7) is 5.33. The average Bonchev–Trinajstić information content (AvgIpc) is 2.98. The molecule has 0 saturated heterocycles. The van der Waals surface area contributed by atoms with E-state index < -0.39 is 41.0 Å². The molecule has 0 radical (unpaired) electrons. The molecular weight excluding hydrogens is 411 g/mol. The number of hydrogen-bond acceptors (Lipinski definition) is 3. The van der Waals surface area contributed by atoms with Crippen LogP contribution < -0.4 is 0 Å². The largest absolute Gasteiger partial charge is 0.505 e. The molecule has 2 N–H and O–H groups in total. The predicted molar refractivity (Wildman–Crippen MR) is 109 cm³/mol. The van der Waals surface area contributed by atoms with Crippen LogP contribution in [0.3, 0.4) is 0 Å². The fourth-order valence-corrected chi connectivity index (χ4v) is 3.82. The van der Waals surface area contributed by atoms with E-state index in [2.05, 4.69) is 0 Å². The van der Waals surface area contributed by atoms with Gasteiger partial charge in [-0.05, 0) is 49.1 Å². The van der Waals surface area contributed by atoms with Gasteiger partial charge in [0.15, 0.2) is 23.2 Å². The molecule has 2 aromatic carbocycles. The van der Waals surface area contributed by atoms with E-state index in [9.17, 15) is 33.0 Å². The zero-order valence-corrected chi connectivity index (χ0v) is 17.2. The molecule has 31 heavy (non-hydrogen) atoms. The molecule has 1 aromatic heterocycles. The molecular formula is C23H22F3NO4. The maximum Gasteiger partial charge on any atom is 0.311 e. The lowest BCUT2D eigenvalue weighted by molar-refractivity contribution is -0.139. The number of halogens is 3. The summed E-state index contributed by atoms with van der Waals surface area (Å²) in [7, 11) is 0. The molecule has 3 rings (SSSR count). The topological polar surface area (TPSA) is 79.5 Å². The lowest BCUT2D eigenvalue weighted by atomic mass is 9.87. The lowest BCUT2D eigenvalue weighted by Gasteiger charge is -2.17. The van der Waals surface area contributed by atoms with E-state index in [1.54, 1.807) is 0 Å².